The fourth-order valence-electron chi connectivity index (χ4n) is 2.47. The van der Waals surface area contributed by atoms with Gasteiger partial charge in [0.15, 0.2) is 0 Å². The molecule has 2 unspecified atom stereocenters. The van der Waals surface area contributed by atoms with Crippen LogP contribution in [0.2, 0.25) is 0 Å². The van der Waals surface area contributed by atoms with Crippen molar-refractivity contribution in [3.63, 3.8) is 0 Å². The van der Waals surface area contributed by atoms with E-state index in [1.165, 1.54) is 5.56 Å². The maximum Gasteiger partial charge on any atom is 0.138 e. The lowest BCUT2D eigenvalue weighted by Gasteiger charge is -2.29. The molecule has 0 bridgehead atoms. The van der Waals surface area contributed by atoms with Crippen LogP contribution in [0, 0.1) is 0 Å². The number of benzene rings is 1. The average Bonchev–Trinajstić information content (AvgIpc) is 2.52. The molecule has 0 amide bonds. The van der Waals surface area contributed by atoms with E-state index in [4.69, 9.17) is 5.73 Å². The monoisotopic (exact) mass is 232 g/mol. The van der Waals surface area contributed by atoms with E-state index < -0.39 is 0 Å². The third kappa shape index (κ3) is 3.14. The van der Waals surface area contributed by atoms with Gasteiger partial charge < -0.3 is 10.5 Å². The Bertz CT molecular complexity index is 352. The molecule has 3 nitrogen and oxygen atoms in total. The van der Waals surface area contributed by atoms with E-state index in [9.17, 15) is 4.79 Å². The van der Waals surface area contributed by atoms with Crippen molar-refractivity contribution in [2.75, 3.05) is 6.54 Å². The Balaban J connectivity index is 2.09. The van der Waals surface area contributed by atoms with E-state index >= 15 is 0 Å². The molecule has 3 heteroatoms. The Labute approximate surface area is 103 Å². The molecule has 0 aliphatic carbocycles. The Morgan fingerprint density at radius 3 is 2.76 bits per heavy atom. The summed E-state index contributed by atoms with van der Waals surface area (Å²) in [5.74, 6) is 0. The number of hydrogen-bond acceptors (Lipinski definition) is 3. The van der Waals surface area contributed by atoms with Crippen LogP contribution >= 0.6 is 0 Å². The van der Waals surface area contributed by atoms with Crippen molar-refractivity contribution in [2.45, 2.75) is 37.9 Å². The molecule has 0 spiro atoms. The fraction of sp³-hybridized carbons (Fsp3) is 0.500. The maximum atomic E-state index is 11.2. The summed E-state index contributed by atoms with van der Waals surface area (Å²) < 4.78 is 0. The molecule has 1 aromatic rings. The van der Waals surface area contributed by atoms with Gasteiger partial charge in [0, 0.05) is 12.6 Å². The second kappa shape index (κ2) is 5.94. The topological polar surface area (TPSA) is 46.3 Å². The highest BCUT2D eigenvalue weighted by Crippen LogP contribution is 2.17. The molecule has 1 aromatic carbocycles. The van der Waals surface area contributed by atoms with E-state index in [0.717, 1.165) is 38.6 Å². The summed E-state index contributed by atoms with van der Waals surface area (Å²) in [5, 5.41) is 0. The van der Waals surface area contributed by atoms with Gasteiger partial charge in [-0.05, 0) is 24.9 Å². The fourth-order valence-corrected chi connectivity index (χ4v) is 2.47. The molecule has 2 atom stereocenters. The van der Waals surface area contributed by atoms with Gasteiger partial charge in [-0.1, -0.05) is 36.8 Å². The molecule has 2 rings (SSSR count). The highest BCUT2D eigenvalue weighted by molar-refractivity contribution is 5.59. The highest BCUT2D eigenvalue weighted by atomic mass is 16.1. The number of nitrogens with zero attached hydrogens (tertiary/aromatic N) is 1. The smallest absolute Gasteiger partial charge is 0.138 e. The third-order valence-electron chi connectivity index (χ3n) is 3.46. The minimum atomic E-state index is -0.127. The average molecular weight is 232 g/mol. The van der Waals surface area contributed by atoms with Crippen molar-refractivity contribution in [1.82, 2.24) is 4.90 Å². The van der Waals surface area contributed by atoms with E-state index in [0.29, 0.717) is 0 Å². The molecule has 0 radical (unpaired) electrons. The van der Waals surface area contributed by atoms with Crippen LogP contribution in [-0.4, -0.2) is 29.8 Å². The van der Waals surface area contributed by atoms with Crippen LogP contribution in [0.1, 0.15) is 24.8 Å². The number of rotatable bonds is 3. The lowest BCUT2D eigenvalue weighted by Crippen LogP contribution is -2.47. The van der Waals surface area contributed by atoms with Crippen LogP contribution in [0.4, 0.5) is 0 Å². The van der Waals surface area contributed by atoms with Gasteiger partial charge in [0.25, 0.3) is 0 Å². The second-order valence-corrected chi connectivity index (χ2v) is 4.74. The van der Waals surface area contributed by atoms with Gasteiger partial charge in [-0.25, -0.2) is 0 Å². The Kier molecular flexibility index (Phi) is 4.29. The van der Waals surface area contributed by atoms with Crippen LogP contribution in [-0.2, 0) is 11.3 Å². The molecule has 0 saturated carbocycles. The predicted octanol–water partition coefficient (Wildman–Crippen LogP) is 1.57. The molecule has 1 aliphatic heterocycles. The molecule has 0 aromatic heterocycles. The van der Waals surface area contributed by atoms with E-state index in [2.05, 4.69) is 17.0 Å². The highest BCUT2D eigenvalue weighted by Gasteiger charge is 2.26. The number of nitrogens with two attached hydrogens (primary N) is 1. The number of carbonyl (C=O) groups is 1. The first-order valence-corrected chi connectivity index (χ1v) is 6.30. The van der Waals surface area contributed by atoms with E-state index in [1.54, 1.807) is 0 Å². The minimum absolute atomic E-state index is 0.0151. The van der Waals surface area contributed by atoms with Gasteiger partial charge in [-0.2, -0.15) is 0 Å². The van der Waals surface area contributed by atoms with Crippen molar-refractivity contribution in [2.24, 2.45) is 5.73 Å². The van der Waals surface area contributed by atoms with Crippen molar-refractivity contribution in [3.8, 4) is 0 Å². The van der Waals surface area contributed by atoms with E-state index in [1.807, 2.05) is 18.2 Å². The first kappa shape index (κ1) is 12.3. The second-order valence-electron chi connectivity index (χ2n) is 4.74. The zero-order valence-corrected chi connectivity index (χ0v) is 10.1. The lowest BCUT2D eigenvalue weighted by atomic mass is 10.1. The standard InChI is InChI=1S/C14H20N2O/c15-13-8-4-5-9-16(14(13)11-17)10-12-6-2-1-3-7-12/h1-3,6-7,11,13-14H,4-5,8-10,15H2. The van der Waals surface area contributed by atoms with Crippen molar-refractivity contribution >= 4 is 6.29 Å². The predicted molar refractivity (Wildman–Crippen MR) is 68.5 cm³/mol. The van der Waals surface area contributed by atoms with Gasteiger partial charge in [-0.3, -0.25) is 4.90 Å². The molecule has 92 valence electrons. The molecule has 17 heavy (non-hydrogen) atoms. The Morgan fingerprint density at radius 2 is 2.06 bits per heavy atom. The summed E-state index contributed by atoms with van der Waals surface area (Å²) >= 11 is 0. The third-order valence-corrected chi connectivity index (χ3v) is 3.46. The first-order valence-electron chi connectivity index (χ1n) is 6.30. The van der Waals surface area contributed by atoms with Gasteiger partial charge in [0.05, 0.1) is 6.04 Å². The summed E-state index contributed by atoms with van der Waals surface area (Å²) in [6.45, 7) is 1.78. The molecule has 2 N–H and O–H groups in total. The zero-order valence-electron chi connectivity index (χ0n) is 10.1. The number of likely N-dealkylation sites (tertiary alicyclic amines) is 1. The Morgan fingerprint density at radius 1 is 1.29 bits per heavy atom. The molecular formula is C14H20N2O. The van der Waals surface area contributed by atoms with Gasteiger partial charge in [0.1, 0.15) is 6.29 Å². The normalized spacial score (nSPS) is 26.4. The van der Waals surface area contributed by atoms with E-state index in [-0.39, 0.29) is 12.1 Å². The SMILES string of the molecule is NC1CCCCN(Cc2ccccc2)C1C=O. The molecular weight excluding hydrogens is 212 g/mol. The van der Waals surface area contributed by atoms with Crippen molar-refractivity contribution in [1.29, 1.82) is 0 Å². The van der Waals surface area contributed by atoms with Crippen LogP contribution in [0.5, 0.6) is 0 Å². The molecule has 1 saturated heterocycles. The number of aldehydes is 1. The maximum absolute atomic E-state index is 11.2. The van der Waals surface area contributed by atoms with Gasteiger partial charge >= 0.3 is 0 Å². The molecule has 1 aliphatic rings. The van der Waals surface area contributed by atoms with Crippen LogP contribution in [0.15, 0.2) is 30.3 Å². The van der Waals surface area contributed by atoms with Gasteiger partial charge in [0.2, 0.25) is 0 Å². The van der Waals surface area contributed by atoms with Crippen LogP contribution in [0.25, 0.3) is 0 Å². The summed E-state index contributed by atoms with van der Waals surface area (Å²) in [4.78, 5) is 13.4. The number of hydrogen-bond donors (Lipinski definition) is 1. The van der Waals surface area contributed by atoms with Crippen LogP contribution in [0.3, 0.4) is 0 Å². The summed E-state index contributed by atoms with van der Waals surface area (Å²) in [6, 6.07) is 10.1. The van der Waals surface area contributed by atoms with Gasteiger partial charge in [-0.15, -0.1) is 0 Å². The largest absolute Gasteiger partial charge is 0.326 e. The van der Waals surface area contributed by atoms with Crippen molar-refractivity contribution < 1.29 is 4.79 Å². The van der Waals surface area contributed by atoms with Crippen molar-refractivity contribution in [3.05, 3.63) is 35.9 Å². The quantitative estimate of drug-likeness (QED) is 0.805. The number of carbonyl (C=O) groups excluding carboxylic acids is 1. The van der Waals surface area contributed by atoms with Crippen LogP contribution < -0.4 is 5.73 Å². The molecule has 1 fully saturated rings. The zero-order chi connectivity index (χ0) is 12.1. The summed E-state index contributed by atoms with van der Waals surface area (Å²) in [5.41, 5.74) is 7.30. The lowest BCUT2D eigenvalue weighted by molar-refractivity contribution is -0.113. The summed E-state index contributed by atoms with van der Waals surface area (Å²) in [6.07, 6.45) is 4.22. The minimum Gasteiger partial charge on any atom is -0.326 e. The Hall–Kier alpha value is -1.19. The summed E-state index contributed by atoms with van der Waals surface area (Å²) in [7, 11) is 0. The molecule has 1 heterocycles. The first-order chi connectivity index (χ1) is 8.31.